The lowest BCUT2D eigenvalue weighted by molar-refractivity contribution is -0.385. The summed E-state index contributed by atoms with van der Waals surface area (Å²) >= 11 is 1.20. The van der Waals surface area contributed by atoms with E-state index < -0.39 is 16.9 Å². The minimum atomic E-state index is -0.784. The number of carbonyl (C=O) groups excluding carboxylic acids is 1. The van der Waals surface area contributed by atoms with Crippen LogP contribution in [0.15, 0.2) is 105 Å². The molecule has 0 fully saturated rings. The predicted molar refractivity (Wildman–Crippen MR) is 177 cm³/mol. The van der Waals surface area contributed by atoms with Gasteiger partial charge < -0.3 is 9.15 Å². The molecule has 2 aromatic heterocycles. The zero-order valence-electron chi connectivity index (χ0n) is 25.7. The Hall–Kier alpha value is -5.35. The molecule has 0 saturated heterocycles. The van der Waals surface area contributed by atoms with Gasteiger partial charge in [0.2, 0.25) is 0 Å². The molecule has 0 unspecified atom stereocenters. The molecular formula is C36H31N3O6S. The van der Waals surface area contributed by atoms with E-state index in [0.717, 1.165) is 16.7 Å². The third-order valence-corrected chi connectivity index (χ3v) is 8.94. The molecule has 1 aliphatic heterocycles. The number of rotatable bonds is 8. The second-order valence-electron chi connectivity index (χ2n) is 11.2. The van der Waals surface area contributed by atoms with Gasteiger partial charge in [-0.1, -0.05) is 91.9 Å². The smallest absolute Gasteiger partial charge is 0.338 e. The first-order valence-electron chi connectivity index (χ1n) is 14.9. The molecule has 0 spiro atoms. The van der Waals surface area contributed by atoms with E-state index >= 15 is 0 Å². The third kappa shape index (κ3) is 5.63. The molecule has 1 aliphatic rings. The van der Waals surface area contributed by atoms with Gasteiger partial charge in [-0.2, -0.15) is 0 Å². The average molecular weight is 634 g/mol. The molecule has 232 valence electrons. The van der Waals surface area contributed by atoms with Crippen molar-refractivity contribution in [3.8, 4) is 11.3 Å². The number of thiazole rings is 1. The number of carbonyl (C=O) groups is 1. The second kappa shape index (κ2) is 12.6. The normalized spacial score (nSPS) is 14.7. The maximum atomic E-state index is 14.2. The van der Waals surface area contributed by atoms with Gasteiger partial charge in [0.15, 0.2) is 4.80 Å². The summed E-state index contributed by atoms with van der Waals surface area (Å²) in [4.78, 5) is 44.2. The van der Waals surface area contributed by atoms with Crippen LogP contribution in [0.5, 0.6) is 0 Å². The fourth-order valence-electron chi connectivity index (χ4n) is 5.61. The Balaban J connectivity index is 1.54. The molecule has 0 saturated carbocycles. The lowest BCUT2D eigenvalue weighted by Gasteiger charge is -2.26. The summed E-state index contributed by atoms with van der Waals surface area (Å²) in [5, 5.41) is 11.5. The van der Waals surface area contributed by atoms with E-state index in [1.165, 1.54) is 17.4 Å². The Morgan fingerprint density at radius 2 is 1.80 bits per heavy atom. The molecule has 0 N–H and O–H groups in total. The quantitative estimate of drug-likeness (QED) is 0.109. The van der Waals surface area contributed by atoms with E-state index in [9.17, 15) is 19.7 Å². The van der Waals surface area contributed by atoms with Crippen molar-refractivity contribution < 1.29 is 18.9 Å². The number of benzene rings is 3. The van der Waals surface area contributed by atoms with Gasteiger partial charge in [-0.15, -0.1) is 0 Å². The van der Waals surface area contributed by atoms with Crippen molar-refractivity contribution in [3.63, 3.8) is 0 Å². The largest absolute Gasteiger partial charge is 0.463 e. The van der Waals surface area contributed by atoms with Crippen LogP contribution in [-0.4, -0.2) is 22.1 Å². The van der Waals surface area contributed by atoms with Gasteiger partial charge in [0, 0.05) is 28.8 Å². The van der Waals surface area contributed by atoms with Gasteiger partial charge in [-0.25, -0.2) is 9.79 Å². The highest BCUT2D eigenvalue weighted by Crippen LogP contribution is 2.36. The molecule has 6 rings (SSSR count). The van der Waals surface area contributed by atoms with E-state index in [0.29, 0.717) is 43.6 Å². The van der Waals surface area contributed by atoms with Crippen LogP contribution < -0.4 is 14.9 Å². The first kappa shape index (κ1) is 30.7. The van der Waals surface area contributed by atoms with Crippen LogP contribution in [0.4, 0.5) is 5.69 Å². The number of hydrogen-bond acceptors (Lipinski definition) is 8. The highest BCUT2D eigenvalue weighted by Gasteiger charge is 2.35. The van der Waals surface area contributed by atoms with Gasteiger partial charge in [0.05, 0.1) is 33.4 Å². The van der Waals surface area contributed by atoms with Crippen molar-refractivity contribution >= 4 is 34.8 Å². The molecule has 10 heteroatoms. The monoisotopic (exact) mass is 633 g/mol. The van der Waals surface area contributed by atoms with E-state index in [1.54, 1.807) is 48.8 Å². The summed E-state index contributed by atoms with van der Waals surface area (Å²) in [5.41, 5.74) is 4.09. The first-order valence-corrected chi connectivity index (χ1v) is 15.7. The van der Waals surface area contributed by atoms with Crippen LogP contribution in [0.1, 0.15) is 60.7 Å². The molecular weight excluding hydrogens is 602 g/mol. The van der Waals surface area contributed by atoms with Gasteiger partial charge in [0.1, 0.15) is 11.5 Å². The van der Waals surface area contributed by atoms with Crippen molar-refractivity contribution in [2.24, 2.45) is 4.99 Å². The van der Waals surface area contributed by atoms with Crippen LogP contribution >= 0.6 is 11.3 Å². The van der Waals surface area contributed by atoms with E-state index in [4.69, 9.17) is 14.1 Å². The van der Waals surface area contributed by atoms with Crippen LogP contribution in [0, 0.1) is 17.0 Å². The van der Waals surface area contributed by atoms with E-state index in [2.05, 4.69) is 13.8 Å². The van der Waals surface area contributed by atoms with Gasteiger partial charge >= 0.3 is 5.97 Å². The van der Waals surface area contributed by atoms with Crippen LogP contribution in [0.25, 0.3) is 23.1 Å². The lowest BCUT2D eigenvalue weighted by atomic mass is 9.91. The summed E-state index contributed by atoms with van der Waals surface area (Å²) in [7, 11) is 0. The van der Waals surface area contributed by atoms with Gasteiger partial charge in [0.25, 0.3) is 11.2 Å². The average Bonchev–Trinajstić information content (AvgIpc) is 3.64. The van der Waals surface area contributed by atoms with Crippen LogP contribution in [-0.2, 0) is 9.53 Å². The number of aromatic nitrogens is 1. The van der Waals surface area contributed by atoms with Crippen molar-refractivity contribution in [1.82, 2.24) is 4.57 Å². The molecule has 0 amide bonds. The Labute approximate surface area is 268 Å². The maximum Gasteiger partial charge on any atom is 0.338 e. The molecule has 0 bridgehead atoms. The number of ether oxygens (including phenoxy) is 1. The Bertz CT molecular complexity index is 2170. The molecule has 9 nitrogen and oxygen atoms in total. The molecule has 3 heterocycles. The number of nitro benzene ring substituents is 1. The highest BCUT2D eigenvalue weighted by atomic mass is 32.1. The van der Waals surface area contributed by atoms with Gasteiger partial charge in [-0.3, -0.25) is 19.5 Å². The molecule has 46 heavy (non-hydrogen) atoms. The van der Waals surface area contributed by atoms with Crippen LogP contribution in [0.3, 0.4) is 0 Å². The standard InChI is InChI=1S/C36H31N3O6S/c1-5-44-35(41)31-32(24-10-7-6-8-11-24)37-36-38(33(31)25-16-14-23(15-17-25)21(2)3)34(40)30(46-36)20-26-18-19-29(45-26)27-12-9-13-28(22(27)4)39(42)43/h6-21,33H,5H2,1-4H3/b30-20-/t33-/m1/s1. The predicted octanol–water partition coefficient (Wildman–Crippen LogP) is 6.54. The van der Waals surface area contributed by atoms with Crippen molar-refractivity contribution in [1.29, 1.82) is 0 Å². The maximum absolute atomic E-state index is 14.2. The van der Waals surface area contributed by atoms with Gasteiger partial charge in [-0.05, 0) is 43.0 Å². The SMILES string of the molecule is CCOC(=O)C1=C(c2ccccc2)N=c2s/c(=C\c3ccc(-c4cccc([N+](=O)[O-])c4C)o3)c(=O)n2[C@@H]1c1ccc(C(C)C)cc1. The minimum absolute atomic E-state index is 0.00295. The Morgan fingerprint density at radius 3 is 2.48 bits per heavy atom. The van der Waals surface area contributed by atoms with Crippen molar-refractivity contribution in [3.05, 3.63) is 148 Å². The molecule has 0 aliphatic carbocycles. The summed E-state index contributed by atoms with van der Waals surface area (Å²) in [5.74, 6) is 0.608. The number of esters is 1. The van der Waals surface area contributed by atoms with E-state index in [-0.39, 0.29) is 23.4 Å². The number of fused-ring (bicyclic) bond motifs is 1. The van der Waals surface area contributed by atoms with Crippen LogP contribution in [0.2, 0.25) is 0 Å². The second-order valence-corrected chi connectivity index (χ2v) is 12.2. The third-order valence-electron chi connectivity index (χ3n) is 7.96. The van der Waals surface area contributed by atoms with Crippen molar-refractivity contribution in [2.45, 2.75) is 39.7 Å². The fourth-order valence-corrected chi connectivity index (χ4v) is 6.59. The minimum Gasteiger partial charge on any atom is -0.463 e. The van der Waals surface area contributed by atoms with Crippen molar-refractivity contribution in [2.75, 3.05) is 6.61 Å². The zero-order chi connectivity index (χ0) is 32.5. The Kier molecular flexibility index (Phi) is 8.38. The number of nitro groups is 1. The summed E-state index contributed by atoms with van der Waals surface area (Å²) < 4.78 is 13.5. The summed E-state index contributed by atoms with van der Waals surface area (Å²) in [6.07, 6.45) is 1.63. The summed E-state index contributed by atoms with van der Waals surface area (Å²) in [6, 6.07) is 24.8. The number of hydrogen-bond donors (Lipinski definition) is 0. The first-order chi connectivity index (χ1) is 22.2. The molecule has 5 aromatic rings. The number of furan rings is 1. The highest BCUT2D eigenvalue weighted by molar-refractivity contribution is 7.07. The molecule has 3 aromatic carbocycles. The topological polar surface area (TPSA) is 117 Å². The zero-order valence-corrected chi connectivity index (χ0v) is 26.5. The lowest BCUT2D eigenvalue weighted by Crippen LogP contribution is -2.40. The summed E-state index contributed by atoms with van der Waals surface area (Å²) in [6.45, 7) is 7.80. The van der Waals surface area contributed by atoms with E-state index in [1.807, 2.05) is 54.6 Å². The Morgan fingerprint density at radius 1 is 1.07 bits per heavy atom. The molecule has 0 radical (unpaired) electrons. The number of nitrogens with zero attached hydrogens (tertiary/aromatic N) is 3. The molecule has 1 atom stereocenters. The fraction of sp³-hybridized carbons (Fsp3) is 0.194.